The van der Waals surface area contributed by atoms with E-state index in [0.717, 1.165) is 0 Å². The van der Waals surface area contributed by atoms with Gasteiger partial charge in [-0.2, -0.15) is 0 Å². The highest BCUT2D eigenvalue weighted by Crippen LogP contribution is 2.31. The highest BCUT2D eigenvalue weighted by molar-refractivity contribution is 6.40. The molecule has 3 heteroatoms. The first-order valence-electron chi connectivity index (χ1n) is 5.29. The number of allylic oxidation sites excluding steroid dienone is 4. The fourth-order valence-corrected chi connectivity index (χ4v) is 2.16. The molecule has 86 valence electrons. The molecule has 17 heavy (non-hydrogen) atoms. The molecule has 0 aliphatic heterocycles. The number of benzene rings is 1. The lowest BCUT2D eigenvalue weighted by Crippen LogP contribution is -2.21. The van der Waals surface area contributed by atoms with E-state index in [1.54, 1.807) is 44.2 Å². The SMILES string of the molecule is C/C=C(/Cl)C1=C(C)C(=O)c2ccccc2C1=O. The lowest BCUT2D eigenvalue weighted by molar-refractivity contribution is 0.0977. The summed E-state index contributed by atoms with van der Waals surface area (Å²) in [6.45, 7) is 3.37. The number of fused-ring (bicyclic) bond motifs is 1. The van der Waals surface area contributed by atoms with E-state index in [2.05, 4.69) is 0 Å². The van der Waals surface area contributed by atoms with Crippen molar-refractivity contribution < 1.29 is 9.59 Å². The van der Waals surface area contributed by atoms with Gasteiger partial charge in [-0.05, 0) is 13.8 Å². The van der Waals surface area contributed by atoms with Crippen molar-refractivity contribution in [2.75, 3.05) is 0 Å². The maximum Gasteiger partial charge on any atom is 0.195 e. The van der Waals surface area contributed by atoms with Crippen molar-refractivity contribution in [1.29, 1.82) is 0 Å². The molecule has 1 aromatic carbocycles. The van der Waals surface area contributed by atoms with E-state index in [9.17, 15) is 9.59 Å². The average Bonchev–Trinajstić information content (AvgIpc) is 2.36. The molecule has 0 spiro atoms. The van der Waals surface area contributed by atoms with Crippen LogP contribution in [0.25, 0.3) is 0 Å². The molecule has 0 unspecified atom stereocenters. The Morgan fingerprint density at radius 1 is 1.12 bits per heavy atom. The van der Waals surface area contributed by atoms with Gasteiger partial charge in [0, 0.05) is 27.3 Å². The molecular weight excluding hydrogens is 236 g/mol. The zero-order valence-electron chi connectivity index (χ0n) is 9.58. The van der Waals surface area contributed by atoms with Crippen molar-refractivity contribution >= 4 is 23.2 Å². The van der Waals surface area contributed by atoms with Crippen molar-refractivity contribution in [3.63, 3.8) is 0 Å². The normalized spacial score (nSPS) is 16.3. The Morgan fingerprint density at radius 3 is 2.18 bits per heavy atom. The molecular formula is C14H11ClO2. The first kappa shape index (κ1) is 11.8. The van der Waals surface area contributed by atoms with Gasteiger partial charge in [-0.3, -0.25) is 9.59 Å². The molecule has 0 saturated carbocycles. The van der Waals surface area contributed by atoms with Crippen LogP contribution in [0.1, 0.15) is 34.6 Å². The molecule has 0 amide bonds. The van der Waals surface area contributed by atoms with E-state index in [1.165, 1.54) is 0 Å². The van der Waals surface area contributed by atoms with Crippen LogP contribution in [0.15, 0.2) is 46.5 Å². The fourth-order valence-electron chi connectivity index (χ4n) is 1.93. The first-order chi connectivity index (χ1) is 8.07. The molecule has 0 radical (unpaired) electrons. The second kappa shape index (κ2) is 4.30. The summed E-state index contributed by atoms with van der Waals surface area (Å²) in [5.41, 5.74) is 1.62. The van der Waals surface area contributed by atoms with Crippen molar-refractivity contribution in [2.24, 2.45) is 0 Å². The smallest absolute Gasteiger partial charge is 0.195 e. The maximum absolute atomic E-state index is 12.2. The van der Waals surface area contributed by atoms with Gasteiger partial charge < -0.3 is 0 Å². The number of halogens is 1. The molecule has 1 aliphatic rings. The average molecular weight is 247 g/mol. The predicted molar refractivity (Wildman–Crippen MR) is 67.4 cm³/mol. The van der Waals surface area contributed by atoms with Crippen LogP contribution in [-0.4, -0.2) is 11.6 Å². The van der Waals surface area contributed by atoms with E-state index >= 15 is 0 Å². The highest BCUT2D eigenvalue weighted by Gasteiger charge is 2.30. The van der Waals surface area contributed by atoms with Gasteiger partial charge in [-0.1, -0.05) is 41.9 Å². The van der Waals surface area contributed by atoms with Crippen molar-refractivity contribution in [1.82, 2.24) is 0 Å². The van der Waals surface area contributed by atoms with E-state index in [0.29, 0.717) is 27.3 Å². The molecule has 0 N–H and O–H groups in total. The van der Waals surface area contributed by atoms with Gasteiger partial charge in [0.2, 0.25) is 0 Å². The van der Waals surface area contributed by atoms with Gasteiger partial charge in [0.15, 0.2) is 11.6 Å². The number of hydrogen-bond acceptors (Lipinski definition) is 2. The van der Waals surface area contributed by atoms with Gasteiger partial charge in [0.25, 0.3) is 0 Å². The van der Waals surface area contributed by atoms with Gasteiger partial charge in [0.05, 0.1) is 0 Å². The minimum absolute atomic E-state index is 0.129. The molecule has 2 nitrogen and oxygen atoms in total. The standard InChI is InChI=1S/C14H11ClO2/c1-3-11(15)12-8(2)13(16)9-6-4-5-7-10(9)14(12)17/h3-7H,1-2H3/b11-3+. The van der Waals surface area contributed by atoms with Crippen LogP contribution in [0.4, 0.5) is 0 Å². The zero-order chi connectivity index (χ0) is 12.6. The summed E-state index contributed by atoms with van der Waals surface area (Å²) in [6, 6.07) is 6.81. The molecule has 0 bridgehead atoms. The number of rotatable bonds is 1. The Kier molecular flexibility index (Phi) is 2.99. The van der Waals surface area contributed by atoms with Gasteiger partial charge in [-0.15, -0.1) is 0 Å². The molecule has 0 atom stereocenters. The lowest BCUT2D eigenvalue weighted by Gasteiger charge is -2.18. The fraction of sp³-hybridized carbons (Fsp3) is 0.143. The summed E-state index contributed by atoms with van der Waals surface area (Å²) in [5, 5.41) is 0.329. The second-order valence-electron chi connectivity index (χ2n) is 3.84. The Hall–Kier alpha value is -1.67. The number of Topliss-reactive ketones (excluding diaryl/α,β-unsaturated/α-hetero) is 2. The molecule has 2 rings (SSSR count). The largest absolute Gasteiger partial charge is 0.289 e. The highest BCUT2D eigenvalue weighted by atomic mass is 35.5. The summed E-state index contributed by atoms with van der Waals surface area (Å²) in [4.78, 5) is 24.3. The third kappa shape index (κ3) is 1.75. The third-order valence-electron chi connectivity index (χ3n) is 2.85. The molecule has 0 heterocycles. The van der Waals surface area contributed by atoms with Crippen LogP contribution in [0.5, 0.6) is 0 Å². The zero-order valence-corrected chi connectivity index (χ0v) is 10.3. The Labute approximate surface area is 105 Å². The van der Waals surface area contributed by atoms with E-state index in [1.807, 2.05) is 0 Å². The van der Waals surface area contributed by atoms with E-state index < -0.39 is 0 Å². The van der Waals surface area contributed by atoms with Crippen LogP contribution in [0.3, 0.4) is 0 Å². The number of carbonyl (C=O) groups is 2. The summed E-state index contributed by atoms with van der Waals surface area (Å²) in [6.07, 6.45) is 1.62. The molecule has 1 aliphatic carbocycles. The quantitative estimate of drug-likeness (QED) is 0.760. The summed E-state index contributed by atoms with van der Waals surface area (Å²) >= 11 is 6.00. The van der Waals surface area contributed by atoms with Crippen LogP contribution < -0.4 is 0 Å². The summed E-state index contributed by atoms with van der Waals surface area (Å²) in [7, 11) is 0. The second-order valence-corrected chi connectivity index (χ2v) is 4.25. The third-order valence-corrected chi connectivity index (χ3v) is 3.26. The van der Waals surface area contributed by atoms with Crippen LogP contribution in [0, 0.1) is 0 Å². The van der Waals surface area contributed by atoms with Crippen LogP contribution in [-0.2, 0) is 0 Å². The van der Waals surface area contributed by atoms with Crippen LogP contribution >= 0.6 is 11.6 Å². The minimum atomic E-state index is -0.180. The predicted octanol–water partition coefficient (Wildman–Crippen LogP) is 3.52. The molecule has 1 aromatic rings. The Bertz CT molecular complexity index is 580. The monoisotopic (exact) mass is 246 g/mol. The number of ketones is 2. The van der Waals surface area contributed by atoms with Crippen molar-refractivity contribution in [3.05, 3.63) is 57.6 Å². The van der Waals surface area contributed by atoms with E-state index in [-0.39, 0.29) is 11.6 Å². The summed E-state index contributed by atoms with van der Waals surface area (Å²) < 4.78 is 0. The van der Waals surface area contributed by atoms with Crippen LogP contribution in [0.2, 0.25) is 0 Å². The van der Waals surface area contributed by atoms with Crippen molar-refractivity contribution in [3.8, 4) is 0 Å². The molecule has 0 saturated heterocycles. The van der Waals surface area contributed by atoms with Gasteiger partial charge in [0.1, 0.15) is 0 Å². The van der Waals surface area contributed by atoms with Gasteiger partial charge >= 0.3 is 0 Å². The first-order valence-corrected chi connectivity index (χ1v) is 5.67. The minimum Gasteiger partial charge on any atom is -0.289 e. The number of hydrogen-bond donors (Lipinski definition) is 0. The molecule has 0 aromatic heterocycles. The number of carbonyl (C=O) groups excluding carboxylic acids is 2. The molecule has 0 fully saturated rings. The van der Waals surface area contributed by atoms with E-state index in [4.69, 9.17) is 11.6 Å². The lowest BCUT2D eigenvalue weighted by atomic mass is 9.84. The topological polar surface area (TPSA) is 34.1 Å². The summed E-state index contributed by atoms with van der Waals surface area (Å²) in [5.74, 6) is -0.309. The Morgan fingerprint density at radius 2 is 1.65 bits per heavy atom. The maximum atomic E-state index is 12.2. The van der Waals surface area contributed by atoms with Crippen molar-refractivity contribution in [2.45, 2.75) is 13.8 Å². The Balaban J connectivity index is 2.71. The van der Waals surface area contributed by atoms with Gasteiger partial charge in [-0.25, -0.2) is 0 Å².